The molecule has 4 aliphatic carbocycles. The number of benzene rings is 1. The van der Waals surface area contributed by atoms with Gasteiger partial charge >= 0.3 is 0 Å². The molecule has 2 aliphatic heterocycles. The molecule has 0 aromatic heterocycles. The molecule has 202 valence electrons. The summed E-state index contributed by atoms with van der Waals surface area (Å²) in [5.74, 6) is 2.95. The Kier molecular flexibility index (Phi) is 6.14. The third-order valence-electron chi connectivity index (χ3n) is 11.4. The summed E-state index contributed by atoms with van der Waals surface area (Å²) in [6.07, 6.45) is 12.3. The van der Waals surface area contributed by atoms with Crippen LogP contribution in [0, 0.1) is 34.5 Å². The number of aliphatic imine (C=N–C) groups is 1. The highest BCUT2D eigenvalue weighted by atomic mass is 35.5. The van der Waals surface area contributed by atoms with Gasteiger partial charge in [-0.05, 0) is 91.6 Å². The molecule has 38 heavy (non-hydrogen) atoms. The summed E-state index contributed by atoms with van der Waals surface area (Å²) in [7, 11) is 0. The third kappa shape index (κ3) is 3.80. The number of halogens is 1. The van der Waals surface area contributed by atoms with Gasteiger partial charge in [-0.25, -0.2) is 5.01 Å². The first kappa shape index (κ1) is 25.3. The highest BCUT2D eigenvalue weighted by Crippen LogP contribution is 2.67. The first-order chi connectivity index (χ1) is 18.3. The van der Waals surface area contributed by atoms with Crippen molar-refractivity contribution in [1.29, 1.82) is 0 Å². The molecule has 2 heterocycles. The van der Waals surface area contributed by atoms with E-state index >= 15 is 0 Å². The van der Waals surface area contributed by atoms with Crippen LogP contribution in [0.4, 0.5) is 0 Å². The maximum Gasteiger partial charge on any atom is 0.258 e. The number of aliphatic hydroxyl groups excluding tert-OH is 1. The molecule has 8 atom stereocenters. The van der Waals surface area contributed by atoms with E-state index in [0.29, 0.717) is 17.6 Å². The predicted octanol–water partition coefficient (Wildman–Crippen LogP) is 7.01. The second-order valence-electron chi connectivity index (χ2n) is 13.1. The normalized spacial score (nSPS) is 42.3. The molecule has 5 nitrogen and oxygen atoms in total. The van der Waals surface area contributed by atoms with Gasteiger partial charge in [-0.2, -0.15) is 10.1 Å². The van der Waals surface area contributed by atoms with E-state index in [9.17, 15) is 9.90 Å². The molecule has 3 fully saturated rings. The average Bonchev–Trinajstić information content (AvgIpc) is 3.61. The van der Waals surface area contributed by atoms with Crippen molar-refractivity contribution in [2.24, 2.45) is 44.6 Å². The fourth-order valence-electron chi connectivity index (χ4n) is 9.51. The summed E-state index contributed by atoms with van der Waals surface area (Å²) >= 11 is 8.19. The van der Waals surface area contributed by atoms with Crippen LogP contribution in [0.5, 0.6) is 0 Å². The molecule has 0 bridgehead atoms. The average molecular weight is 552 g/mol. The largest absolute Gasteiger partial charge is 0.393 e. The van der Waals surface area contributed by atoms with Crippen molar-refractivity contribution in [3.8, 4) is 0 Å². The Labute approximate surface area is 235 Å². The van der Waals surface area contributed by atoms with Gasteiger partial charge < -0.3 is 5.11 Å². The van der Waals surface area contributed by atoms with Gasteiger partial charge in [0.2, 0.25) is 0 Å². The van der Waals surface area contributed by atoms with Crippen molar-refractivity contribution in [2.75, 3.05) is 5.75 Å². The van der Waals surface area contributed by atoms with Gasteiger partial charge in [0.25, 0.3) is 5.91 Å². The molecule has 3 saturated carbocycles. The predicted molar refractivity (Wildman–Crippen MR) is 154 cm³/mol. The molecular weight excluding hydrogens is 514 g/mol. The second-order valence-corrected chi connectivity index (χ2v) is 14.4. The molecule has 1 aromatic rings. The van der Waals surface area contributed by atoms with Crippen LogP contribution >= 0.6 is 23.4 Å². The zero-order chi connectivity index (χ0) is 26.2. The van der Waals surface area contributed by atoms with Crippen LogP contribution in [0.2, 0.25) is 5.02 Å². The van der Waals surface area contributed by atoms with E-state index in [0.717, 1.165) is 53.3 Å². The molecule has 1 N–H and O–H groups in total. The van der Waals surface area contributed by atoms with Crippen molar-refractivity contribution in [3.63, 3.8) is 0 Å². The molecule has 1 unspecified atom stereocenters. The Morgan fingerprint density at radius 1 is 1.08 bits per heavy atom. The summed E-state index contributed by atoms with van der Waals surface area (Å²) in [6.45, 7) is 5.06. The van der Waals surface area contributed by atoms with Gasteiger partial charge in [0.05, 0.1) is 17.9 Å². The van der Waals surface area contributed by atoms with Crippen LogP contribution < -0.4 is 0 Å². The minimum Gasteiger partial charge on any atom is -0.393 e. The number of amidine groups is 1. The Morgan fingerprint density at radius 2 is 1.92 bits per heavy atom. The van der Waals surface area contributed by atoms with Crippen molar-refractivity contribution in [2.45, 2.75) is 83.8 Å². The van der Waals surface area contributed by atoms with Crippen molar-refractivity contribution >= 4 is 40.1 Å². The van der Waals surface area contributed by atoms with Gasteiger partial charge in [0.1, 0.15) is 0 Å². The number of hydrazone groups is 1. The number of nitrogens with zero attached hydrogens (tertiary/aromatic N) is 3. The SMILES string of the molecule is C[C@]12CC[C@H]3[C@@H](CC=C4C[C@@H](O)CC[C@@]43C)[C@@H]1CC[C@@H]2C1=NN(C2=NC(=O)CS2)C(c2ccccc2Cl)C1. The molecule has 6 aliphatic rings. The zero-order valence-electron chi connectivity index (χ0n) is 22.4. The lowest BCUT2D eigenvalue weighted by Crippen LogP contribution is -2.51. The molecule has 7 heteroatoms. The van der Waals surface area contributed by atoms with E-state index in [-0.39, 0.29) is 28.9 Å². The second kappa shape index (κ2) is 9.21. The minimum atomic E-state index is -0.150. The number of amides is 1. The quantitative estimate of drug-likeness (QED) is 0.401. The fraction of sp³-hybridized carbons (Fsp3) is 0.645. The van der Waals surface area contributed by atoms with Gasteiger partial charge in [0, 0.05) is 23.1 Å². The van der Waals surface area contributed by atoms with Crippen molar-refractivity contribution in [3.05, 3.63) is 46.5 Å². The molecule has 0 radical (unpaired) electrons. The third-order valence-corrected chi connectivity index (χ3v) is 12.7. The molecule has 0 spiro atoms. The van der Waals surface area contributed by atoms with Crippen LogP contribution in [0.15, 0.2) is 46.0 Å². The number of thioether (sulfide) groups is 1. The van der Waals surface area contributed by atoms with Gasteiger partial charge in [0.15, 0.2) is 5.17 Å². The Bertz CT molecular complexity index is 1260. The first-order valence-electron chi connectivity index (χ1n) is 14.5. The summed E-state index contributed by atoms with van der Waals surface area (Å²) in [6, 6.07) is 8.04. The highest BCUT2D eigenvalue weighted by molar-refractivity contribution is 8.14. The number of carbonyl (C=O) groups excluding carboxylic acids is 1. The zero-order valence-corrected chi connectivity index (χ0v) is 24.0. The van der Waals surface area contributed by atoms with E-state index in [1.165, 1.54) is 49.6 Å². The van der Waals surface area contributed by atoms with Crippen LogP contribution in [0.3, 0.4) is 0 Å². The number of allylic oxidation sites excluding steroid dienone is 1. The van der Waals surface area contributed by atoms with Crippen LogP contribution in [0.1, 0.15) is 83.2 Å². The molecule has 0 saturated heterocycles. The van der Waals surface area contributed by atoms with Gasteiger partial charge in [-0.1, -0.05) is 67.1 Å². The number of carbonyl (C=O) groups is 1. The lowest BCUT2D eigenvalue weighted by atomic mass is 9.47. The number of fused-ring (bicyclic) bond motifs is 5. The summed E-state index contributed by atoms with van der Waals surface area (Å²) < 4.78 is 0. The van der Waals surface area contributed by atoms with Crippen LogP contribution in [-0.4, -0.2) is 38.8 Å². The smallest absolute Gasteiger partial charge is 0.258 e. The Balaban J connectivity index is 1.19. The fourth-order valence-corrected chi connectivity index (χ4v) is 10.6. The van der Waals surface area contributed by atoms with Gasteiger partial charge in [-0.15, -0.1) is 0 Å². The maximum atomic E-state index is 12.0. The standard InChI is InChI=1S/C31H38ClN3O2S/c1-30-13-11-19(36)15-18(30)7-8-20-22-9-10-24(31(22,2)14-12-23(20)30)26-16-27(21-5-3-4-6-25(21)32)35(34-26)29-33-28(37)17-38-29/h3-7,19-20,22-24,27,36H,8-17H2,1-2H3/t19-,20-,22-,23-,24+,27?,30-,31-/m0/s1. The molecule has 1 aromatic carbocycles. The molecular formula is C31H38ClN3O2S. The summed E-state index contributed by atoms with van der Waals surface area (Å²) in [4.78, 5) is 16.4. The Hall–Kier alpha value is -1.63. The summed E-state index contributed by atoms with van der Waals surface area (Å²) in [5, 5.41) is 19.1. The first-order valence-corrected chi connectivity index (χ1v) is 15.9. The monoisotopic (exact) mass is 551 g/mol. The topological polar surface area (TPSA) is 65.3 Å². The van der Waals surface area contributed by atoms with Crippen molar-refractivity contribution in [1.82, 2.24) is 5.01 Å². The van der Waals surface area contributed by atoms with Crippen molar-refractivity contribution < 1.29 is 9.90 Å². The lowest BCUT2D eigenvalue weighted by Gasteiger charge is -2.58. The van der Waals surface area contributed by atoms with E-state index in [4.69, 9.17) is 16.7 Å². The Morgan fingerprint density at radius 3 is 2.71 bits per heavy atom. The van der Waals surface area contributed by atoms with Crippen LogP contribution in [-0.2, 0) is 4.79 Å². The number of hydrogen-bond acceptors (Lipinski definition) is 5. The van der Waals surface area contributed by atoms with Crippen LogP contribution in [0.25, 0.3) is 0 Å². The number of aliphatic hydroxyl groups is 1. The molecule has 7 rings (SSSR count). The van der Waals surface area contributed by atoms with E-state index < -0.39 is 0 Å². The van der Waals surface area contributed by atoms with E-state index in [1.54, 1.807) is 5.57 Å². The number of rotatable bonds is 2. The summed E-state index contributed by atoms with van der Waals surface area (Å²) in [5.41, 5.74) is 4.40. The number of hydrogen-bond donors (Lipinski definition) is 1. The van der Waals surface area contributed by atoms with E-state index in [2.05, 4.69) is 31.0 Å². The highest BCUT2D eigenvalue weighted by Gasteiger charge is 2.60. The maximum absolute atomic E-state index is 12.0. The molecule has 1 amide bonds. The lowest BCUT2D eigenvalue weighted by molar-refractivity contribution is -0.115. The van der Waals surface area contributed by atoms with E-state index in [1.807, 2.05) is 23.2 Å². The van der Waals surface area contributed by atoms with Gasteiger partial charge in [-0.3, -0.25) is 4.79 Å². The minimum absolute atomic E-state index is 0.0115.